The third-order valence-corrected chi connectivity index (χ3v) is 3.16. The molecule has 1 aliphatic carbocycles. The Morgan fingerprint density at radius 2 is 2.21 bits per heavy atom. The number of nitrogens with one attached hydrogen (secondary N) is 1. The highest BCUT2D eigenvalue weighted by atomic mass is 16.2. The fraction of sp³-hybridized carbons (Fsp3) is 0.909. The van der Waals surface area contributed by atoms with Crippen molar-refractivity contribution in [3.8, 4) is 0 Å². The summed E-state index contributed by atoms with van der Waals surface area (Å²) in [6, 6.07) is 0. The lowest BCUT2D eigenvalue weighted by Crippen LogP contribution is -2.54. The summed E-state index contributed by atoms with van der Waals surface area (Å²) >= 11 is 0. The molecule has 1 N–H and O–H groups in total. The number of nitrogens with zero attached hydrogens (tertiary/aromatic N) is 1. The maximum Gasteiger partial charge on any atom is 0.222 e. The van der Waals surface area contributed by atoms with Gasteiger partial charge in [-0.15, -0.1) is 0 Å². The first-order valence-electron chi connectivity index (χ1n) is 5.64. The summed E-state index contributed by atoms with van der Waals surface area (Å²) in [5, 5.41) is 3.51. The number of rotatable bonds is 2. The standard InChI is InChI=1S/C11H20N2O/c1-9(2)7-10(14)13-6-5-12-11(8-13)3-4-11/h9,12H,3-8H2,1-2H3. The van der Waals surface area contributed by atoms with Gasteiger partial charge in [-0.2, -0.15) is 0 Å². The molecular formula is C11H20N2O. The van der Waals surface area contributed by atoms with Crippen molar-refractivity contribution in [3.63, 3.8) is 0 Å². The van der Waals surface area contributed by atoms with Crippen molar-refractivity contribution in [2.75, 3.05) is 19.6 Å². The van der Waals surface area contributed by atoms with Gasteiger partial charge in [0.1, 0.15) is 0 Å². The second-order valence-electron chi connectivity index (χ2n) is 5.12. The van der Waals surface area contributed by atoms with Gasteiger partial charge in [0.2, 0.25) is 5.91 Å². The van der Waals surface area contributed by atoms with E-state index >= 15 is 0 Å². The number of carbonyl (C=O) groups is 1. The largest absolute Gasteiger partial charge is 0.340 e. The molecule has 2 fully saturated rings. The minimum absolute atomic E-state index is 0.324. The average molecular weight is 196 g/mol. The van der Waals surface area contributed by atoms with E-state index in [4.69, 9.17) is 0 Å². The maximum atomic E-state index is 11.8. The van der Waals surface area contributed by atoms with Crippen LogP contribution in [0.15, 0.2) is 0 Å². The van der Waals surface area contributed by atoms with Crippen LogP contribution >= 0.6 is 0 Å². The van der Waals surface area contributed by atoms with Crippen LogP contribution in [-0.4, -0.2) is 36.0 Å². The van der Waals surface area contributed by atoms with Crippen molar-refractivity contribution >= 4 is 5.91 Å². The predicted molar refractivity (Wildman–Crippen MR) is 56.0 cm³/mol. The number of piperazine rings is 1. The molecule has 2 aliphatic rings. The van der Waals surface area contributed by atoms with E-state index in [1.54, 1.807) is 0 Å². The second kappa shape index (κ2) is 3.54. The van der Waals surface area contributed by atoms with Gasteiger partial charge < -0.3 is 10.2 Å². The Kier molecular flexibility index (Phi) is 2.52. The van der Waals surface area contributed by atoms with Crippen LogP contribution in [0.2, 0.25) is 0 Å². The van der Waals surface area contributed by atoms with E-state index in [-0.39, 0.29) is 0 Å². The van der Waals surface area contributed by atoms with Gasteiger partial charge in [0.05, 0.1) is 0 Å². The topological polar surface area (TPSA) is 32.3 Å². The highest BCUT2D eigenvalue weighted by molar-refractivity contribution is 5.76. The van der Waals surface area contributed by atoms with Gasteiger partial charge in [0, 0.05) is 31.6 Å². The molecule has 0 aromatic carbocycles. The molecule has 3 heteroatoms. The van der Waals surface area contributed by atoms with E-state index in [1.165, 1.54) is 12.8 Å². The lowest BCUT2D eigenvalue weighted by Gasteiger charge is -2.34. The van der Waals surface area contributed by atoms with Gasteiger partial charge in [0.25, 0.3) is 0 Å². The maximum absolute atomic E-state index is 11.8. The molecule has 1 aliphatic heterocycles. The lowest BCUT2D eigenvalue weighted by atomic mass is 10.1. The van der Waals surface area contributed by atoms with Crippen LogP contribution in [0.4, 0.5) is 0 Å². The van der Waals surface area contributed by atoms with Crippen LogP contribution in [0.3, 0.4) is 0 Å². The van der Waals surface area contributed by atoms with Crippen LogP contribution in [-0.2, 0) is 4.79 Å². The highest BCUT2D eigenvalue weighted by Crippen LogP contribution is 2.37. The van der Waals surface area contributed by atoms with Crippen molar-refractivity contribution in [2.45, 2.75) is 38.6 Å². The van der Waals surface area contributed by atoms with Crippen molar-refractivity contribution < 1.29 is 4.79 Å². The minimum atomic E-state index is 0.324. The Morgan fingerprint density at radius 1 is 1.50 bits per heavy atom. The quantitative estimate of drug-likeness (QED) is 0.714. The van der Waals surface area contributed by atoms with Crippen molar-refractivity contribution in [1.82, 2.24) is 10.2 Å². The molecule has 1 heterocycles. The zero-order chi connectivity index (χ0) is 10.2. The molecule has 14 heavy (non-hydrogen) atoms. The molecule has 80 valence electrons. The lowest BCUT2D eigenvalue weighted by molar-refractivity contribution is -0.133. The molecule has 1 saturated heterocycles. The molecule has 2 rings (SSSR count). The summed E-state index contributed by atoms with van der Waals surface area (Å²) in [6.07, 6.45) is 3.20. The fourth-order valence-corrected chi connectivity index (χ4v) is 2.13. The normalized spacial score (nSPS) is 24.4. The Labute approximate surface area is 85.8 Å². The zero-order valence-corrected chi connectivity index (χ0v) is 9.18. The first-order chi connectivity index (χ1) is 6.61. The Bertz CT molecular complexity index is 233. The van der Waals surface area contributed by atoms with Crippen molar-refractivity contribution in [3.05, 3.63) is 0 Å². The molecule has 0 atom stereocenters. The Morgan fingerprint density at radius 3 is 2.79 bits per heavy atom. The Hall–Kier alpha value is -0.570. The molecule has 0 radical (unpaired) electrons. The van der Waals surface area contributed by atoms with Crippen LogP contribution in [0.5, 0.6) is 0 Å². The van der Waals surface area contributed by atoms with Gasteiger partial charge in [-0.05, 0) is 18.8 Å². The van der Waals surface area contributed by atoms with E-state index < -0.39 is 0 Å². The van der Waals surface area contributed by atoms with Gasteiger partial charge in [-0.3, -0.25) is 4.79 Å². The molecule has 3 nitrogen and oxygen atoms in total. The summed E-state index contributed by atoms with van der Waals surface area (Å²) in [5.41, 5.74) is 0.324. The van der Waals surface area contributed by atoms with E-state index in [2.05, 4.69) is 19.2 Å². The molecule has 1 amide bonds. The van der Waals surface area contributed by atoms with Crippen LogP contribution in [0.1, 0.15) is 33.1 Å². The first kappa shape index (κ1) is 9.97. The summed E-state index contributed by atoms with van der Waals surface area (Å²) in [4.78, 5) is 13.9. The molecule has 0 bridgehead atoms. The van der Waals surface area contributed by atoms with Crippen LogP contribution < -0.4 is 5.32 Å². The summed E-state index contributed by atoms with van der Waals surface area (Å²) in [6.45, 7) is 7.02. The first-order valence-corrected chi connectivity index (χ1v) is 5.64. The molecular weight excluding hydrogens is 176 g/mol. The second-order valence-corrected chi connectivity index (χ2v) is 5.12. The van der Waals surface area contributed by atoms with Gasteiger partial charge in [0.15, 0.2) is 0 Å². The number of amides is 1. The van der Waals surface area contributed by atoms with E-state index in [0.717, 1.165) is 19.6 Å². The van der Waals surface area contributed by atoms with E-state index in [1.807, 2.05) is 4.90 Å². The number of carbonyl (C=O) groups excluding carboxylic acids is 1. The van der Waals surface area contributed by atoms with Crippen LogP contribution in [0, 0.1) is 5.92 Å². The summed E-state index contributed by atoms with van der Waals surface area (Å²) in [7, 11) is 0. The summed E-state index contributed by atoms with van der Waals surface area (Å²) in [5.74, 6) is 0.820. The zero-order valence-electron chi connectivity index (χ0n) is 9.18. The highest BCUT2D eigenvalue weighted by Gasteiger charge is 2.46. The van der Waals surface area contributed by atoms with E-state index in [9.17, 15) is 4.79 Å². The molecule has 1 spiro atoms. The SMILES string of the molecule is CC(C)CC(=O)N1CCNC2(CC2)C1. The fourth-order valence-electron chi connectivity index (χ4n) is 2.13. The van der Waals surface area contributed by atoms with E-state index in [0.29, 0.717) is 23.8 Å². The van der Waals surface area contributed by atoms with Crippen molar-refractivity contribution in [1.29, 1.82) is 0 Å². The Balaban J connectivity index is 1.87. The van der Waals surface area contributed by atoms with Gasteiger partial charge in [-0.1, -0.05) is 13.8 Å². The van der Waals surface area contributed by atoms with Gasteiger partial charge in [-0.25, -0.2) is 0 Å². The monoisotopic (exact) mass is 196 g/mol. The van der Waals surface area contributed by atoms with Gasteiger partial charge >= 0.3 is 0 Å². The van der Waals surface area contributed by atoms with Crippen LogP contribution in [0.25, 0.3) is 0 Å². The number of hydrogen-bond acceptors (Lipinski definition) is 2. The average Bonchev–Trinajstić information content (AvgIpc) is 2.84. The predicted octanol–water partition coefficient (Wildman–Crippen LogP) is 0.997. The summed E-state index contributed by atoms with van der Waals surface area (Å²) < 4.78 is 0. The number of hydrogen-bond donors (Lipinski definition) is 1. The molecule has 0 aromatic rings. The third-order valence-electron chi connectivity index (χ3n) is 3.16. The minimum Gasteiger partial charge on any atom is -0.340 e. The molecule has 0 aromatic heterocycles. The third kappa shape index (κ3) is 2.08. The smallest absolute Gasteiger partial charge is 0.222 e. The van der Waals surface area contributed by atoms with Crippen molar-refractivity contribution in [2.24, 2.45) is 5.92 Å². The molecule has 0 unspecified atom stereocenters. The molecule has 1 saturated carbocycles.